The Balaban J connectivity index is 1.46. The highest BCUT2D eigenvalue weighted by Gasteiger charge is 2.54. The van der Waals surface area contributed by atoms with Crippen molar-refractivity contribution in [3.63, 3.8) is 0 Å². The van der Waals surface area contributed by atoms with Crippen molar-refractivity contribution in [2.75, 3.05) is 11.5 Å². The zero-order chi connectivity index (χ0) is 22.8. The number of aliphatic hydroxyl groups is 1. The van der Waals surface area contributed by atoms with E-state index in [1.807, 2.05) is 6.92 Å². The van der Waals surface area contributed by atoms with E-state index < -0.39 is 35.3 Å². The van der Waals surface area contributed by atoms with Crippen LogP contribution in [-0.2, 0) is 20.9 Å². The molecule has 1 saturated heterocycles. The van der Waals surface area contributed by atoms with Gasteiger partial charge in [-0.1, -0.05) is 42.1 Å². The molecule has 3 heterocycles. The van der Waals surface area contributed by atoms with Crippen LogP contribution in [0.1, 0.15) is 18.6 Å². The minimum Gasteiger partial charge on any atom is -0.477 e. The summed E-state index contributed by atoms with van der Waals surface area (Å²) in [6, 6.07) is 7.50. The Labute approximate surface area is 192 Å². The molecule has 2 aromatic rings. The van der Waals surface area contributed by atoms with Crippen molar-refractivity contribution in [3.05, 3.63) is 53.5 Å². The first kappa shape index (κ1) is 22.4. The second-order valence-electron chi connectivity index (χ2n) is 7.11. The van der Waals surface area contributed by atoms with Crippen molar-refractivity contribution < 1.29 is 24.6 Å². The minimum atomic E-state index is -1.41. The standard InChI is InChI=1S/C20H21N5O5S2/c1-2-24-20(21-10-22-24)32-9-12-8-31-18-13(17(28)25(18)14(12)19(29)30)23-16(27)15(26)11-6-4-3-5-7-11/h3-7,10,13,15,18,26H,2,8-9H2,1H3,(H,23,27)(H,29,30)/t13?,15?,18-/m0/s1. The molecule has 2 aliphatic heterocycles. The first-order valence-corrected chi connectivity index (χ1v) is 11.9. The number of benzene rings is 1. The van der Waals surface area contributed by atoms with Crippen molar-refractivity contribution in [3.8, 4) is 0 Å². The van der Waals surface area contributed by atoms with E-state index in [9.17, 15) is 24.6 Å². The lowest BCUT2D eigenvalue weighted by Gasteiger charge is -2.49. The number of carbonyl (C=O) groups is 3. The lowest BCUT2D eigenvalue weighted by atomic mass is 10.0. The van der Waals surface area contributed by atoms with Crippen LogP contribution in [0.2, 0.25) is 0 Å². The Bertz CT molecular complexity index is 1070. The average molecular weight is 476 g/mol. The number of fused-ring (bicyclic) bond motifs is 1. The Morgan fingerprint density at radius 1 is 1.34 bits per heavy atom. The molecule has 10 nitrogen and oxygen atoms in total. The topological polar surface area (TPSA) is 138 Å². The number of aryl methyl sites for hydroxylation is 1. The van der Waals surface area contributed by atoms with Crippen LogP contribution in [-0.4, -0.2) is 70.6 Å². The molecule has 1 aromatic heterocycles. The number of β-lactam (4-membered cyclic amide) rings is 1. The highest BCUT2D eigenvalue weighted by atomic mass is 32.2. The van der Waals surface area contributed by atoms with E-state index >= 15 is 0 Å². The van der Waals surface area contributed by atoms with Crippen molar-refractivity contribution >= 4 is 41.3 Å². The Morgan fingerprint density at radius 3 is 2.78 bits per heavy atom. The minimum absolute atomic E-state index is 0.0529. The van der Waals surface area contributed by atoms with Crippen molar-refractivity contribution in [2.45, 2.75) is 36.1 Å². The van der Waals surface area contributed by atoms with Crippen molar-refractivity contribution in [1.29, 1.82) is 0 Å². The predicted octanol–water partition coefficient (Wildman–Crippen LogP) is 0.862. The summed E-state index contributed by atoms with van der Waals surface area (Å²) in [6.45, 7) is 2.58. The zero-order valence-electron chi connectivity index (χ0n) is 17.0. The normalized spacial score (nSPS) is 21.1. The second-order valence-corrected chi connectivity index (χ2v) is 9.16. The van der Waals surface area contributed by atoms with Gasteiger partial charge in [-0.3, -0.25) is 14.5 Å². The second kappa shape index (κ2) is 9.35. The molecule has 0 spiro atoms. The lowest BCUT2D eigenvalue weighted by molar-refractivity contribution is -0.151. The number of carboxylic acid groups (broad SMARTS) is 1. The zero-order valence-corrected chi connectivity index (χ0v) is 18.7. The van der Waals surface area contributed by atoms with Gasteiger partial charge in [0.25, 0.3) is 11.8 Å². The maximum absolute atomic E-state index is 12.8. The summed E-state index contributed by atoms with van der Waals surface area (Å²) < 4.78 is 1.71. The third kappa shape index (κ3) is 4.12. The fourth-order valence-electron chi connectivity index (χ4n) is 3.55. The highest BCUT2D eigenvalue weighted by Crippen LogP contribution is 2.41. The van der Waals surface area contributed by atoms with Gasteiger partial charge in [0.15, 0.2) is 11.3 Å². The number of aliphatic carboxylic acids is 1. The van der Waals surface area contributed by atoms with Crippen LogP contribution in [0.25, 0.3) is 0 Å². The van der Waals surface area contributed by atoms with Gasteiger partial charge in [0, 0.05) is 18.1 Å². The van der Waals surface area contributed by atoms with Gasteiger partial charge in [-0.15, -0.1) is 11.8 Å². The molecule has 3 atom stereocenters. The number of hydrogen-bond acceptors (Lipinski definition) is 8. The number of hydrogen-bond donors (Lipinski definition) is 3. The average Bonchev–Trinajstić information content (AvgIpc) is 3.27. The molecule has 0 aliphatic carbocycles. The van der Waals surface area contributed by atoms with Crippen LogP contribution in [0.3, 0.4) is 0 Å². The summed E-state index contributed by atoms with van der Waals surface area (Å²) >= 11 is 2.74. The number of nitrogens with zero attached hydrogens (tertiary/aromatic N) is 4. The molecule has 1 fully saturated rings. The molecular weight excluding hydrogens is 454 g/mol. The van der Waals surface area contributed by atoms with Gasteiger partial charge in [0.05, 0.1) is 0 Å². The number of rotatable bonds is 8. The molecule has 2 amide bonds. The lowest BCUT2D eigenvalue weighted by Crippen LogP contribution is -2.70. The summed E-state index contributed by atoms with van der Waals surface area (Å²) in [4.78, 5) is 42.6. The smallest absolute Gasteiger partial charge is 0.352 e. The van der Waals surface area contributed by atoms with Crippen LogP contribution in [0.15, 0.2) is 53.1 Å². The molecule has 0 radical (unpaired) electrons. The van der Waals surface area contributed by atoms with E-state index in [1.165, 1.54) is 34.8 Å². The number of aromatic nitrogens is 3. The van der Waals surface area contributed by atoms with Crippen molar-refractivity contribution in [2.24, 2.45) is 0 Å². The van der Waals surface area contributed by atoms with Gasteiger partial charge in [-0.25, -0.2) is 14.5 Å². The molecule has 4 rings (SSSR count). The monoisotopic (exact) mass is 475 g/mol. The summed E-state index contributed by atoms with van der Waals surface area (Å²) in [7, 11) is 0. The summed E-state index contributed by atoms with van der Waals surface area (Å²) in [6.07, 6.45) is 0.0316. The fourth-order valence-corrected chi connectivity index (χ4v) is 6.01. The van der Waals surface area contributed by atoms with Gasteiger partial charge in [0.1, 0.15) is 23.4 Å². The SMILES string of the molecule is CCn1ncnc1SCC1=C(C(=O)O)N2C(=O)C(NC(=O)C(O)c3ccccc3)[C@@H]2SC1. The number of nitrogens with one attached hydrogen (secondary N) is 1. The van der Waals surface area contributed by atoms with Crippen LogP contribution in [0, 0.1) is 0 Å². The van der Waals surface area contributed by atoms with E-state index in [0.29, 0.717) is 34.3 Å². The van der Waals surface area contributed by atoms with Gasteiger partial charge in [-0.2, -0.15) is 5.10 Å². The molecule has 32 heavy (non-hydrogen) atoms. The molecule has 0 bridgehead atoms. The first-order valence-electron chi connectivity index (χ1n) is 9.86. The van der Waals surface area contributed by atoms with Crippen molar-refractivity contribution in [1.82, 2.24) is 25.0 Å². The van der Waals surface area contributed by atoms with Gasteiger partial charge >= 0.3 is 5.97 Å². The summed E-state index contributed by atoms with van der Waals surface area (Å²) in [5.41, 5.74) is 0.968. The molecule has 2 aliphatic rings. The Morgan fingerprint density at radius 2 is 2.09 bits per heavy atom. The molecule has 1 aromatic carbocycles. The van der Waals surface area contributed by atoms with E-state index in [4.69, 9.17) is 0 Å². The quantitative estimate of drug-likeness (QED) is 0.375. The van der Waals surface area contributed by atoms with E-state index in [-0.39, 0.29) is 5.70 Å². The van der Waals surface area contributed by atoms with Crippen LogP contribution in [0.4, 0.5) is 0 Å². The molecule has 168 valence electrons. The Hall–Kier alpha value is -2.83. The first-order chi connectivity index (χ1) is 15.4. The largest absolute Gasteiger partial charge is 0.477 e. The third-order valence-electron chi connectivity index (χ3n) is 5.17. The molecule has 0 saturated carbocycles. The number of thioether (sulfide) groups is 2. The van der Waals surface area contributed by atoms with Crippen LogP contribution in [0.5, 0.6) is 0 Å². The molecule has 3 N–H and O–H groups in total. The molecular formula is C20H21N5O5S2. The van der Waals surface area contributed by atoms with E-state index in [0.717, 1.165) is 0 Å². The highest BCUT2D eigenvalue weighted by molar-refractivity contribution is 8.01. The summed E-state index contributed by atoms with van der Waals surface area (Å²) in [5.74, 6) is -1.64. The molecule has 12 heteroatoms. The maximum Gasteiger partial charge on any atom is 0.352 e. The van der Waals surface area contributed by atoms with E-state index in [1.54, 1.807) is 35.0 Å². The third-order valence-corrected chi connectivity index (χ3v) is 7.57. The predicted molar refractivity (Wildman–Crippen MR) is 118 cm³/mol. The molecule has 2 unspecified atom stereocenters. The number of aliphatic hydroxyl groups excluding tert-OH is 1. The fraction of sp³-hybridized carbons (Fsp3) is 0.350. The Kier molecular flexibility index (Phi) is 6.53. The van der Waals surface area contributed by atoms with Gasteiger partial charge in [0.2, 0.25) is 0 Å². The van der Waals surface area contributed by atoms with Gasteiger partial charge < -0.3 is 15.5 Å². The number of carboxylic acids is 1. The number of carbonyl (C=O) groups excluding carboxylic acids is 2. The van der Waals surface area contributed by atoms with Crippen LogP contribution >= 0.6 is 23.5 Å². The van der Waals surface area contributed by atoms with Gasteiger partial charge in [-0.05, 0) is 18.1 Å². The number of amides is 2. The van der Waals surface area contributed by atoms with Crippen LogP contribution < -0.4 is 5.32 Å². The maximum atomic E-state index is 12.8. The summed E-state index contributed by atoms with van der Waals surface area (Å²) in [5, 5.41) is 26.8. The van der Waals surface area contributed by atoms with E-state index in [2.05, 4.69) is 15.4 Å².